The Hall–Kier alpha value is -2.74. The van der Waals surface area contributed by atoms with Gasteiger partial charge in [-0.1, -0.05) is 48.5 Å². The molecule has 2 aromatic rings. The summed E-state index contributed by atoms with van der Waals surface area (Å²) in [6.45, 7) is 9.69. The van der Waals surface area contributed by atoms with Crippen molar-refractivity contribution < 1.29 is 14.7 Å². The molecule has 2 aliphatic heterocycles. The summed E-state index contributed by atoms with van der Waals surface area (Å²) in [4.78, 5) is 28.5. The summed E-state index contributed by atoms with van der Waals surface area (Å²) in [7, 11) is 1.69. The lowest BCUT2D eigenvalue weighted by atomic mass is 9.92. The number of carbonyl (C=O) groups is 2. The highest BCUT2D eigenvalue weighted by Crippen LogP contribution is 2.50. The summed E-state index contributed by atoms with van der Waals surface area (Å²) >= 11 is 8.61. The molecule has 0 bridgehead atoms. The number of fused-ring (bicyclic) bond motifs is 2. The second kappa shape index (κ2) is 9.49. The summed E-state index contributed by atoms with van der Waals surface area (Å²) in [6, 6.07) is 13.6. The first-order valence-corrected chi connectivity index (χ1v) is 12.4. The molecule has 2 heterocycles. The number of aliphatic hydroxyl groups is 1. The number of carbonyl (C=O) groups excluding carboxylic acids is 2. The first-order valence-electron chi connectivity index (χ1n) is 11.1. The van der Waals surface area contributed by atoms with Gasteiger partial charge in [-0.25, -0.2) is 0 Å². The molecule has 2 aliphatic rings. The Bertz CT molecular complexity index is 1200. The van der Waals surface area contributed by atoms with Gasteiger partial charge in [-0.15, -0.1) is 11.8 Å². The molecule has 2 unspecified atom stereocenters. The molecule has 0 radical (unpaired) electrons. The van der Waals surface area contributed by atoms with Crippen molar-refractivity contribution in [1.82, 2.24) is 14.9 Å². The Labute approximate surface area is 209 Å². The van der Waals surface area contributed by atoms with Gasteiger partial charge in [-0.2, -0.15) is 5.01 Å². The second-order valence-corrected chi connectivity index (χ2v) is 10.5. The van der Waals surface area contributed by atoms with Crippen LogP contribution in [0.4, 0.5) is 0 Å². The van der Waals surface area contributed by atoms with E-state index in [1.165, 1.54) is 0 Å². The van der Waals surface area contributed by atoms with Gasteiger partial charge in [0, 0.05) is 28.3 Å². The van der Waals surface area contributed by atoms with Crippen LogP contribution in [0.1, 0.15) is 48.8 Å². The van der Waals surface area contributed by atoms with Gasteiger partial charge >= 0.3 is 0 Å². The average Bonchev–Trinajstić information content (AvgIpc) is 2.93. The molecule has 0 aliphatic carbocycles. The van der Waals surface area contributed by atoms with E-state index in [0.29, 0.717) is 5.02 Å². The predicted molar refractivity (Wildman–Crippen MR) is 135 cm³/mol. The van der Waals surface area contributed by atoms with Crippen molar-refractivity contribution >= 4 is 35.1 Å². The molecule has 2 atom stereocenters. The Balaban J connectivity index is 1.99. The molecule has 0 aromatic heterocycles. The normalized spacial score (nSPS) is 22.2. The molecule has 1 amide bonds. The lowest BCUT2D eigenvalue weighted by molar-refractivity contribution is -0.155. The van der Waals surface area contributed by atoms with Crippen LogP contribution in [0.5, 0.6) is 0 Å². The van der Waals surface area contributed by atoms with Gasteiger partial charge in [0.2, 0.25) is 5.78 Å². The molecule has 178 valence electrons. The number of amides is 1. The summed E-state index contributed by atoms with van der Waals surface area (Å²) < 4.78 is 0. The van der Waals surface area contributed by atoms with Crippen LogP contribution in [0, 0.1) is 0 Å². The van der Waals surface area contributed by atoms with Gasteiger partial charge < -0.3 is 10.0 Å². The summed E-state index contributed by atoms with van der Waals surface area (Å²) in [5, 5.41) is 15.1. The van der Waals surface area contributed by atoms with Crippen LogP contribution in [-0.4, -0.2) is 51.5 Å². The van der Waals surface area contributed by atoms with Gasteiger partial charge in [0.15, 0.2) is 11.5 Å². The first kappa shape index (κ1) is 24.4. The Kier molecular flexibility index (Phi) is 6.80. The highest BCUT2D eigenvalue weighted by molar-refractivity contribution is 7.99. The number of hydrazine groups is 1. The van der Waals surface area contributed by atoms with Gasteiger partial charge in [-0.05, 0) is 55.7 Å². The van der Waals surface area contributed by atoms with Crippen molar-refractivity contribution in [3.05, 3.63) is 88.3 Å². The quantitative estimate of drug-likeness (QED) is 0.446. The predicted octanol–water partition coefficient (Wildman–Crippen LogP) is 5.48. The highest BCUT2D eigenvalue weighted by Gasteiger charge is 2.43. The molecule has 0 saturated carbocycles. The maximum Gasteiger partial charge on any atom is 0.276 e. The minimum atomic E-state index is -0.704. The van der Waals surface area contributed by atoms with Crippen molar-refractivity contribution in [2.45, 2.75) is 43.0 Å². The van der Waals surface area contributed by atoms with E-state index >= 15 is 0 Å². The fourth-order valence-corrected chi connectivity index (χ4v) is 6.04. The molecule has 1 saturated heterocycles. The second-order valence-electron chi connectivity index (χ2n) is 8.68. The maximum absolute atomic E-state index is 13.4. The fourth-order valence-electron chi connectivity index (χ4n) is 4.57. The van der Waals surface area contributed by atoms with Crippen LogP contribution in [0.2, 0.25) is 5.02 Å². The number of rotatable bonds is 4. The van der Waals surface area contributed by atoms with Gasteiger partial charge in [-0.3, -0.25) is 14.6 Å². The van der Waals surface area contributed by atoms with Crippen LogP contribution in [-0.2, 0) is 9.59 Å². The van der Waals surface area contributed by atoms with Crippen LogP contribution in [0.3, 0.4) is 0 Å². The van der Waals surface area contributed by atoms with Crippen molar-refractivity contribution in [1.29, 1.82) is 0 Å². The van der Waals surface area contributed by atoms with E-state index in [9.17, 15) is 14.7 Å². The minimum Gasteiger partial charge on any atom is -0.503 e. The van der Waals surface area contributed by atoms with E-state index in [4.69, 9.17) is 11.6 Å². The molecule has 1 fully saturated rings. The average molecular weight is 498 g/mol. The van der Waals surface area contributed by atoms with Crippen molar-refractivity contribution in [3.63, 3.8) is 0 Å². The van der Waals surface area contributed by atoms with Crippen LogP contribution in [0.25, 0.3) is 0 Å². The van der Waals surface area contributed by atoms with Gasteiger partial charge in [0.1, 0.15) is 0 Å². The molecule has 34 heavy (non-hydrogen) atoms. The van der Waals surface area contributed by atoms with Crippen molar-refractivity contribution in [2.75, 3.05) is 13.7 Å². The Morgan fingerprint density at radius 1 is 1.21 bits per heavy atom. The highest BCUT2D eigenvalue weighted by atomic mass is 35.5. The molecule has 4 rings (SSSR count). The first-order chi connectivity index (χ1) is 16.2. The third-order valence-electron chi connectivity index (χ3n) is 6.35. The van der Waals surface area contributed by atoms with E-state index in [0.717, 1.165) is 27.7 Å². The topological polar surface area (TPSA) is 64.1 Å². The monoisotopic (exact) mass is 497 g/mol. The third kappa shape index (κ3) is 4.02. The third-order valence-corrected chi connectivity index (χ3v) is 7.91. The number of thioether (sulfide) groups is 1. The zero-order valence-electron chi connectivity index (χ0n) is 19.7. The van der Waals surface area contributed by atoms with Crippen molar-refractivity contribution in [3.8, 4) is 0 Å². The largest absolute Gasteiger partial charge is 0.503 e. The van der Waals surface area contributed by atoms with Crippen molar-refractivity contribution in [2.24, 2.45) is 0 Å². The van der Waals surface area contributed by atoms with Crippen LogP contribution < -0.4 is 0 Å². The number of hydrogen-bond acceptors (Lipinski definition) is 6. The molecular weight excluding hydrogens is 470 g/mol. The maximum atomic E-state index is 13.4. The molecule has 0 spiro atoms. The van der Waals surface area contributed by atoms with E-state index in [1.807, 2.05) is 43.1 Å². The summed E-state index contributed by atoms with van der Waals surface area (Å²) in [5.74, 6) is -1.74. The number of ketones is 1. The number of allylic oxidation sites excluding steroid dienone is 1. The molecular formula is C26H28ClN3O3S. The number of nitrogens with zero attached hydrogens (tertiary/aromatic N) is 3. The smallest absolute Gasteiger partial charge is 0.276 e. The number of likely N-dealkylation sites (N-methyl/N-ethyl adjacent to an activating group) is 1. The van der Waals surface area contributed by atoms with Crippen LogP contribution >= 0.6 is 23.4 Å². The molecule has 2 aromatic carbocycles. The SMILES string of the molecule is C=CC(=O)/C(O)=C1/C(=O)N(C(C)C)CN(C2c3ccccc3SC(C)c3cccc(Cl)c32)N1C. The van der Waals surface area contributed by atoms with Crippen LogP contribution in [0.15, 0.2) is 71.5 Å². The van der Waals surface area contributed by atoms with E-state index in [-0.39, 0.29) is 29.7 Å². The van der Waals surface area contributed by atoms with Gasteiger partial charge in [0.25, 0.3) is 5.91 Å². The number of hydrogen-bond donors (Lipinski definition) is 1. The molecule has 8 heteroatoms. The lowest BCUT2D eigenvalue weighted by Crippen LogP contribution is -2.59. The Morgan fingerprint density at radius 3 is 2.56 bits per heavy atom. The minimum absolute atomic E-state index is 0.0825. The lowest BCUT2D eigenvalue weighted by Gasteiger charge is -2.49. The zero-order chi connectivity index (χ0) is 24.7. The summed E-state index contributed by atoms with van der Waals surface area (Å²) in [5.41, 5.74) is 3.02. The standard InChI is InChI=1S/C26H28ClN3O3S/c1-6-20(31)25(32)24-26(33)29(15(2)3)14-30(28(24)5)23-18-10-7-8-13-21(18)34-16(4)17-11-9-12-19(27)22(17)23/h6-13,15-16,23,32H,1,14H2,2-5H3/b25-24+. The molecule has 6 nitrogen and oxygen atoms in total. The van der Waals surface area contributed by atoms with E-state index in [1.54, 1.807) is 28.7 Å². The van der Waals surface area contributed by atoms with E-state index in [2.05, 4.69) is 31.7 Å². The van der Waals surface area contributed by atoms with Gasteiger partial charge in [0.05, 0.1) is 12.7 Å². The van der Waals surface area contributed by atoms with E-state index < -0.39 is 17.4 Å². The Morgan fingerprint density at radius 2 is 1.88 bits per heavy atom. The summed E-state index contributed by atoms with van der Waals surface area (Å²) in [6.07, 6.45) is 1.01. The zero-order valence-corrected chi connectivity index (χ0v) is 21.2. The number of aliphatic hydroxyl groups excluding tert-OH is 1. The fraction of sp³-hybridized carbons (Fsp3) is 0.308. The molecule has 1 N–H and O–H groups in total. The number of benzene rings is 2. The number of halogens is 1.